The number of rotatable bonds is 5. The molecular formula is C19H20N4O3. The molecule has 3 aromatic rings. The molecule has 1 amide bonds. The average molecular weight is 352 g/mol. The molecule has 0 saturated heterocycles. The molecule has 7 nitrogen and oxygen atoms in total. The van der Waals surface area contributed by atoms with Crippen LogP contribution in [0.5, 0.6) is 0 Å². The second kappa shape index (κ2) is 6.59. The van der Waals surface area contributed by atoms with Gasteiger partial charge in [0, 0.05) is 12.3 Å². The molecule has 0 fully saturated rings. The summed E-state index contributed by atoms with van der Waals surface area (Å²) in [7, 11) is 0. The van der Waals surface area contributed by atoms with Crippen LogP contribution in [0.1, 0.15) is 40.7 Å². The molecule has 0 aliphatic heterocycles. The molecule has 2 heterocycles. The summed E-state index contributed by atoms with van der Waals surface area (Å²) in [6.07, 6.45) is 1.65. The fourth-order valence-corrected chi connectivity index (χ4v) is 3.06. The van der Waals surface area contributed by atoms with E-state index in [2.05, 4.69) is 15.4 Å². The predicted octanol–water partition coefficient (Wildman–Crippen LogP) is 2.47. The standard InChI is InChI=1S/C19H20N4O3/c1-4-19(18(25)26,14-8-6-5-7-9-14)21-17(24)15-11-20-16-10-12(2)22-23(16)13(15)3/h5-11H,4H2,1-3H3,(H,21,24)(H,25,26). The number of hydrogen-bond acceptors (Lipinski definition) is 4. The Labute approximate surface area is 150 Å². The summed E-state index contributed by atoms with van der Waals surface area (Å²) in [4.78, 5) is 29.2. The lowest BCUT2D eigenvalue weighted by Crippen LogP contribution is -2.51. The zero-order chi connectivity index (χ0) is 18.9. The second-order valence-corrected chi connectivity index (χ2v) is 6.20. The maximum atomic E-state index is 12.9. The number of nitrogens with one attached hydrogen (secondary N) is 1. The van der Waals surface area contributed by atoms with Crippen LogP contribution in [0.25, 0.3) is 5.65 Å². The van der Waals surface area contributed by atoms with Crippen molar-refractivity contribution in [2.24, 2.45) is 0 Å². The van der Waals surface area contributed by atoms with Gasteiger partial charge in [0.1, 0.15) is 0 Å². The van der Waals surface area contributed by atoms with Crippen molar-refractivity contribution < 1.29 is 14.7 Å². The topological polar surface area (TPSA) is 96.6 Å². The van der Waals surface area contributed by atoms with E-state index in [9.17, 15) is 14.7 Å². The minimum atomic E-state index is -1.51. The Morgan fingerprint density at radius 2 is 1.92 bits per heavy atom. The predicted molar refractivity (Wildman–Crippen MR) is 96.0 cm³/mol. The van der Waals surface area contributed by atoms with Gasteiger partial charge >= 0.3 is 5.97 Å². The van der Waals surface area contributed by atoms with Gasteiger partial charge in [0.25, 0.3) is 5.91 Å². The average Bonchev–Trinajstić information content (AvgIpc) is 3.01. The molecule has 1 unspecified atom stereocenters. The highest BCUT2D eigenvalue weighted by Gasteiger charge is 2.40. The van der Waals surface area contributed by atoms with Crippen molar-refractivity contribution in [2.75, 3.05) is 0 Å². The van der Waals surface area contributed by atoms with E-state index in [0.717, 1.165) is 5.69 Å². The SMILES string of the molecule is CCC(NC(=O)c1cnc2cc(C)nn2c1C)(C(=O)O)c1ccccc1. The number of amides is 1. The Hall–Kier alpha value is -3.22. The van der Waals surface area contributed by atoms with Gasteiger partial charge in [-0.3, -0.25) is 4.79 Å². The van der Waals surface area contributed by atoms with Gasteiger partial charge in [0.2, 0.25) is 0 Å². The van der Waals surface area contributed by atoms with Gasteiger partial charge in [0.05, 0.1) is 17.0 Å². The van der Waals surface area contributed by atoms with Crippen molar-refractivity contribution in [2.45, 2.75) is 32.7 Å². The quantitative estimate of drug-likeness (QED) is 0.735. The summed E-state index contributed by atoms with van der Waals surface area (Å²) in [5.41, 5.74) is 1.32. The van der Waals surface area contributed by atoms with Gasteiger partial charge in [-0.05, 0) is 25.8 Å². The fraction of sp³-hybridized carbons (Fsp3) is 0.263. The second-order valence-electron chi connectivity index (χ2n) is 6.20. The Bertz CT molecular complexity index is 981. The first-order valence-corrected chi connectivity index (χ1v) is 8.32. The maximum Gasteiger partial charge on any atom is 0.334 e. The molecule has 0 aliphatic carbocycles. The molecule has 1 atom stereocenters. The highest BCUT2D eigenvalue weighted by molar-refractivity contribution is 5.99. The van der Waals surface area contributed by atoms with Crippen LogP contribution < -0.4 is 5.32 Å². The molecule has 26 heavy (non-hydrogen) atoms. The van der Waals surface area contributed by atoms with Crippen molar-refractivity contribution in [1.29, 1.82) is 0 Å². The number of aromatic nitrogens is 3. The molecule has 134 valence electrons. The highest BCUT2D eigenvalue weighted by Crippen LogP contribution is 2.26. The van der Waals surface area contributed by atoms with Gasteiger partial charge in [0.15, 0.2) is 11.2 Å². The number of carbonyl (C=O) groups excluding carboxylic acids is 1. The molecule has 2 N–H and O–H groups in total. The summed E-state index contributed by atoms with van der Waals surface area (Å²) in [6, 6.07) is 10.5. The summed E-state index contributed by atoms with van der Waals surface area (Å²) < 4.78 is 1.58. The number of fused-ring (bicyclic) bond motifs is 1. The molecule has 0 aliphatic rings. The normalized spacial score (nSPS) is 13.3. The Morgan fingerprint density at radius 3 is 2.54 bits per heavy atom. The largest absolute Gasteiger partial charge is 0.479 e. The first-order chi connectivity index (χ1) is 12.4. The molecule has 7 heteroatoms. The number of aryl methyl sites for hydroxylation is 2. The molecule has 0 radical (unpaired) electrons. The van der Waals surface area contributed by atoms with Crippen LogP contribution in [-0.4, -0.2) is 31.6 Å². The van der Waals surface area contributed by atoms with Crippen LogP contribution in [0.3, 0.4) is 0 Å². The number of benzene rings is 1. The van der Waals surface area contributed by atoms with Gasteiger partial charge in [-0.1, -0.05) is 37.3 Å². The van der Waals surface area contributed by atoms with Gasteiger partial charge < -0.3 is 10.4 Å². The third-order valence-corrected chi connectivity index (χ3v) is 4.58. The summed E-state index contributed by atoms with van der Waals surface area (Å²) in [5, 5.41) is 16.9. The number of carboxylic acids is 1. The van der Waals surface area contributed by atoms with Crippen LogP contribution in [0.15, 0.2) is 42.6 Å². The lowest BCUT2D eigenvalue weighted by Gasteiger charge is -2.30. The Kier molecular flexibility index (Phi) is 4.46. The Balaban J connectivity index is 2.04. The van der Waals surface area contributed by atoms with Gasteiger partial charge in [-0.15, -0.1) is 0 Å². The van der Waals surface area contributed by atoms with Crippen LogP contribution in [0.2, 0.25) is 0 Å². The first kappa shape index (κ1) is 17.6. The molecular weight excluding hydrogens is 332 g/mol. The fourth-order valence-electron chi connectivity index (χ4n) is 3.06. The lowest BCUT2D eigenvalue weighted by atomic mass is 9.87. The number of carbonyl (C=O) groups is 2. The minimum absolute atomic E-state index is 0.202. The van der Waals surface area contributed by atoms with Crippen molar-refractivity contribution in [3.8, 4) is 0 Å². The smallest absolute Gasteiger partial charge is 0.334 e. The molecule has 0 bridgehead atoms. The zero-order valence-electron chi connectivity index (χ0n) is 14.9. The number of nitrogens with zero attached hydrogens (tertiary/aromatic N) is 3. The van der Waals surface area contributed by atoms with Crippen molar-refractivity contribution in [3.63, 3.8) is 0 Å². The maximum absolute atomic E-state index is 12.9. The molecule has 0 saturated carbocycles. The van der Waals surface area contributed by atoms with E-state index in [-0.39, 0.29) is 12.0 Å². The van der Waals surface area contributed by atoms with Crippen LogP contribution in [0, 0.1) is 13.8 Å². The third kappa shape index (κ3) is 2.81. The molecule has 3 rings (SSSR count). The summed E-state index contributed by atoms with van der Waals surface area (Å²) in [5.74, 6) is -1.61. The molecule has 2 aromatic heterocycles. The van der Waals surface area contributed by atoms with E-state index in [1.165, 1.54) is 6.20 Å². The Morgan fingerprint density at radius 1 is 1.23 bits per heavy atom. The van der Waals surface area contributed by atoms with Crippen LogP contribution in [0.4, 0.5) is 0 Å². The van der Waals surface area contributed by atoms with Crippen LogP contribution in [-0.2, 0) is 10.3 Å². The highest BCUT2D eigenvalue weighted by atomic mass is 16.4. The van der Waals surface area contributed by atoms with Gasteiger partial charge in [-0.25, -0.2) is 14.3 Å². The van der Waals surface area contributed by atoms with Crippen molar-refractivity contribution in [3.05, 3.63) is 65.1 Å². The van der Waals surface area contributed by atoms with Crippen LogP contribution >= 0.6 is 0 Å². The summed E-state index contributed by atoms with van der Waals surface area (Å²) in [6.45, 7) is 5.33. The lowest BCUT2D eigenvalue weighted by molar-refractivity contribution is -0.145. The van der Waals surface area contributed by atoms with E-state index >= 15 is 0 Å². The number of hydrogen-bond donors (Lipinski definition) is 2. The summed E-state index contributed by atoms with van der Waals surface area (Å²) >= 11 is 0. The number of carboxylic acid groups (broad SMARTS) is 1. The van der Waals surface area contributed by atoms with Gasteiger partial charge in [-0.2, -0.15) is 5.10 Å². The van der Waals surface area contributed by atoms with Crippen molar-refractivity contribution >= 4 is 17.5 Å². The van der Waals surface area contributed by atoms with E-state index in [1.807, 2.05) is 13.0 Å². The molecule has 1 aromatic carbocycles. The molecule has 0 spiro atoms. The van der Waals surface area contributed by atoms with E-state index in [1.54, 1.807) is 48.7 Å². The van der Waals surface area contributed by atoms with E-state index in [4.69, 9.17) is 0 Å². The minimum Gasteiger partial charge on any atom is -0.479 e. The third-order valence-electron chi connectivity index (χ3n) is 4.58. The number of aliphatic carboxylic acids is 1. The first-order valence-electron chi connectivity index (χ1n) is 8.32. The van der Waals surface area contributed by atoms with E-state index < -0.39 is 17.4 Å². The monoisotopic (exact) mass is 352 g/mol. The van der Waals surface area contributed by atoms with E-state index in [0.29, 0.717) is 16.9 Å². The van der Waals surface area contributed by atoms with Crippen molar-refractivity contribution in [1.82, 2.24) is 19.9 Å². The zero-order valence-corrected chi connectivity index (χ0v) is 14.9.